The van der Waals surface area contributed by atoms with Gasteiger partial charge in [-0.3, -0.25) is 9.00 Å². The van der Waals surface area contributed by atoms with E-state index in [-0.39, 0.29) is 5.91 Å². The van der Waals surface area contributed by atoms with E-state index in [2.05, 4.69) is 10.4 Å². The summed E-state index contributed by atoms with van der Waals surface area (Å²) < 4.78 is 19.3. The molecule has 2 atom stereocenters. The van der Waals surface area contributed by atoms with Crippen molar-refractivity contribution in [3.8, 4) is 11.4 Å². The van der Waals surface area contributed by atoms with Crippen molar-refractivity contribution < 1.29 is 13.7 Å². The van der Waals surface area contributed by atoms with E-state index in [1.165, 1.54) is 0 Å². The van der Waals surface area contributed by atoms with Gasteiger partial charge in [-0.05, 0) is 37.3 Å². The number of nitrogens with one attached hydrogen (secondary N) is 1. The molecule has 28 heavy (non-hydrogen) atoms. The van der Waals surface area contributed by atoms with Crippen LogP contribution in [0.1, 0.15) is 18.2 Å². The van der Waals surface area contributed by atoms with Crippen LogP contribution in [0.15, 0.2) is 54.6 Å². The molecule has 1 N–H and O–H groups in total. The summed E-state index contributed by atoms with van der Waals surface area (Å²) in [6, 6.07) is 16.4. The number of anilines is 1. The summed E-state index contributed by atoms with van der Waals surface area (Å²) in [6.45, 7) is 1.68. The average Bonchev–Trinajstić information content (AvgIpc) is 3.19. The molecule has 0 saturated heterocycles. The Morgan fingerprint density at radius 3 is 2.75 bits per heavy atom. The van der Waals surface area contributed by atoms with E-state index in [0.29, 0.717) is 28.1 Å². The largest absolute Gasteiger partial charge is 0.481 e. The minimum atomic E-state index is -1.01. The van der Waals surface area contributed by atoms with Crippen molar-refractivity contribution >= 4 is 34.1 Å². The Labute approximate surface area is 169 Å². The molecule has 3 aromatic rings. The van der Waals surface area contributed by atoms with E-state index in [1.807, 2.05) is 30.3 Å². The number of rotatable bonds is 5. The van der Waals surface area contributed by atoms with E-state index in [1.54, 1.807) is 35.9 Å². The maximum atomic E-state index is 12.8. The van der Waals surface area contributed by atoms with Crippen LogP contribution in [0.4, 0.5) is 5.82 Å². The molecule has 0 saturated carbocycles. The van der Waals surface area contributed by atoms with Gasteiger partial charge in [0.25, 0.3) is 5.91 Å². The molecule has 0 spiro atoms. The predicted molar refractivity (Wildman–Crippen MR) is 109 cm³/mol. The number of hydrogen-bond donors (Lipinski definition) is 1. The van der Waals surface area contributed by atoms with Crippen molar-refractivity contribution in [2.75, 3.05) is 5.32 Å². The van der Waals surface area contributed by atoms with Crippen molar-refractivity contribution in [1.82, 2.24) is 9.78 Å². The Bertz CT molecular complexity index is 1050. The molecule has 6 nitrogen and oxygen atoms in total. The van der Waals surface area contributed by atoms with Crippen LogP contribution < -0.4 is 10.1 Å². The van der Waals surface area contributed by atoms with E-state index in [0.717, 1.165) is 16.9 Å². The van der Waals surface area contributed by atoms with Crippen LogP contribution in [0.2, 0.25) is 5.02 Å². The average molecular weight is 416 g/mol. The fourth-order valence-electron chi connectivity index (χ4n) is 3.03. The number of halogens is 1. The summed E-state index contributed by atoms with van der Waals surface area (Å²) in [5, 5.41) is 8.03. The molecule has 1 amide bonds. The lowest BCUT2D eigenvalue weighted by Gasteiger charge is -2.16. The molecule has 4 rings (SSSR count). The third-order valence-electron chi connectivity index (χ3n) is 4.39. The standard InChI is InChI=1S/C20H18ClN3O3S/c1-13(27-16-8-3-2-4-9-16)20(25)22-19-17-11-28(26)12-18(17)23-24(19)15-7-5-6-14(21)10-15/h2-10,13H,11-12H2,1H3,(H,22,25)/t13-,28+/m1/s1. The van der Waals surface area contributed by atoms with Crippen molar-refractivity contribution in [3.05, 3.63) is 70.9 Å². The second-order valence-corrected chi connectivity index (χ2v) is 8.35. The lowest BCUT2D eigenvalue weighted by Crippen LogP contribution is -2.31. The topological polar surface area (TPSA) is 73.2 Å². The van der Waals surface area contributed by atoms with Gasteiger partial charge < -0.3 is 10.1 Å². The third kappa shape index (κ3) is 3.81. The van der Waals surface area contributed by atoms with Gasteiger partial charge in [-0.2, -0.15) is 5.10 Å². The molecule has 0 unspecified atom stereocenters. The van der Waals surface area contributed by atoms with Crippen molar-refractivity contribution in [2.24, 2.45) is 0 Å². The van der Waals surface area contributed by atoms with Crippen LogP contribution in [-0.4, -0.2) is 26.0 Å². The van der Waals surface area contributed by atoms with Gasteiger partial charge in [-0.25, -0.2) is 4.68 Å². The van der Waals surface area contributed by atoms with Crippen molar-refractivity contribution in [2.45, 2.75) is 24.5 Å². The van der Waals surface area contributed by atoms with Crippen LogP contribution in [0.5, 0.6) is 5.75 Å². The molecule has 2 aromatic carbocycles. The Morgan fingerprint density at radius 2 is 2.00 bits per heavy atom. The second-order valence-electron chi connectivity index (χ2n) is 6.46. The zero-order valence-corrected chi connectivity index (χ0v) is 16.7. The zero-order chi connectivity index (χ0) is 19.7. The Balaban J connectivity index is 1.63. The first-order chi connectivity index (χ1) is 13.5. The van der Waals surface area contributed by atoms with E-state index >= 15 is 0 Å². The maximum Gasteiger partial charge on any atom is 0.266 e. The monoisotopic (exact) mass is 415 g/mol. The lowest BCUT2D eigenvalue weighted by atomic mass is 10.2. The van der Waals surface area contributed by atoms with Gasteiger partial charge in [-0.15, -0.1) is 0 Å². The molecule has 0 fully saturated rings. The van der Waals surface area contributed by atoms with E-state index in [9.17, 15) is 9.00 Å². The summed E-state index contributed by atoms with van der Waals surface area (Å²) in [7, 11) is -1.01. The Morgan fingerprint density at radius 1 is 1.21 bits per heavy atom. The minimum absolute atomic E-state index is 0.312. The minimum Gasteiger partial charge on any atom is -0.481 e. The highest BCUT2D eigenvalue weighted by molar-refractivity contribution is 7.83. The molecule has 8 heteroatoms. The second kappa shape index (κ2) is 7.77. The van der Waals surface area contributed by atoms with Crippen LogP contribution >= 0.6 is 11.6 Å². The van der Waals surface area contributed by atoms with E-state index < -0.39 is 16.9 Å². The highest BCUT2D eigenvalue weighted by Gasteiger charge is 2.29. The Kier molecular flexibility index (Phi) is 5.19. The number of ether oxygens (including phenoxy) is 1. The van der Waals surface area contributed by atoms with Gasteiger partial charge in [0, 0.05) is 21.4 Å². The SMILES string of the molecule is C[C@@H](Oc1ccccc1)C(=O)Nc1c2c(nn1-c1cccc(Cl)c1)C[S@@](=O)C2. The molecule has 1 aromatic heterocycles. The normalized spacial score (nSPS) is 16.4. The first kappa shape index (κ1) is 18.7. The number of carbonyl (C=O) groups excluding carboxylic acids is 1. The van der Waals surface area contributed by atoms with Crippen LogP contribution in [0.25, 0.3) is 5.69 Å². The summed E-state index contributed by atoms with van der Waals surface area (Å²) in [5.41, 5.74) is 2.24. The number of para-hydroxylation sites is 1. The number of amides is 1. The Hall–Kier alpha value is -2.64. The van der Waals surface area contributed by atoms with Gasteiger partial charge in [0.05, 0.1) is 22.9 Å². The molecule has 0 bridgehead atoms. The summed E-state index contributed by atoms with van der Waals surface area (Å²) >= 11 is 6.11. The number of benzene rings is 2. The third-order valence-corrected chi connectivity index (χ3v) is 5.83. The molecular weight excluding hydrogens is 398 g/mol. The zero-order valence-electron chi connectivity index (χ0n) is 15.1. The van der Waals surface area contributed by atoms with Gasteiger partial charge >= 0.3 is 0 Å². The molecule has 1 aliphatic rings. The highest BCUT2D eigenvalue weighted by atomic mass is 35.5. The van der Waals surface area contributed by atoms with E-state index in [4.69, 9.17) is 16.3 Å². The quantitative estimate of drug-likeness (QED) is 0.689. The smallest absolute Gasteiger partial charge is 0.266 e. The van der Waals surface area contributed by atoms with Crippen molar-refractivity contribution in [1.29, 1.82) is 0 Å². The fourth-order valence-corrected chi connectivity index (χ4v) is 4.47. The van der Waals surface area contributed by atoms with Gasteiger partial charge in [0.15, 0.2) is 6.10 Å². The van der Waals surface area contributed by atoms with Crippen LogP contribution in [-0.2, 0) is 27.1 Å². The number of fused-ring (bicyclic) bond motifs is 1. The predicted octanol–water partition coefficient (Wildman–Crippen LogP) is 3.69. The van der Waals surface area contributed by atoms with Gasteiger partial charge in [-0.1, -0.05) is 35.9 Å². The maximum absolute atomic E-state index is 12.8. The van der Waals surface area contributed by atoms with Crippen LogP contribution in [0.3, 0.4) is 0 Å². The van der Waals surface area contributed by atoms with Gasteiger partial charge in [0.2, 0.25) is 0 Å². The number of nitrogens with zero attached hydrogens (tertiary/aromatic N) is 2. The first-order valence-corrected chi connectivity index (χ1v) is 10.6. The molecule has 0 aliphatic carbocycles. The molecule has 0 radical (unpaired) electrons. The molecule has 144 valence electrons. The summed E-state index contributed by atoms with van der Waals surface area (Å²) in [4.78, 5) is 12.8. The number of hydrogen-bond acceptors (Lipinski definition) is 4. The fraction of sp³-hybridized carbons (Fsp3) is 0.200. The number of aromatic nitrogens is 2. The highest BCUT2D eigenvalue weighted by Crippen LogP contribution is 2.32. The van der Waals surface area contributed by atoms with Gasteiger partial charge in [0.1, 0.15) is 11.6 Å². The molecular formula is C20H18ClN3O3S. The van der Waals surface area contributed by atoms with Crippen LogP contribution in [0, 0.1) is 0 Å². The summed E-state index contributed by atoms with van der Waals surface area (Å²) in [6.07, 6.45) is -0.715. The molecule has 2 heterocycles. The lowest BCUT2D eigenvalue weighted by molar-refractivity contribution is -0.122. The first-order valence-electron chi connectivity index (χ1n) is 8.75. The van der Waals surface area contributed by atoms with Crippen molar-refractivity contribution in [3.63, 3.8) is 0 Å². The molecule has 1 aliphatic heterocycles. The summed E-state index contributed by atoms with van der Waals surface area (Å²) in [5.74, 6) is 1.55. The number of carbonyl (C=O) groups is 1.